The molecule has 3 amide bonds. The van der Waals surface area contributed by atoms with Gasteiger partial charge in [0.05, 0.1) is 10.5 Å². The zero-order chi connectivity index (χ0) is 20.4. The largest absolute Gasteiger partial charge is 0.452 e. The predicted molar refractivity (Wildman–Crippen MR) is 98.6 cm³/mol. The standard InChI is InChI=1S/C17H25N3O6S/c1-4-19-27(24,25)14-7-5-6-13(10-14)16(22)26-11-15(21)20-17(23)18-9-8-12(2)3/h5-7,10,12,19H,4,8-9,11H2,1-3H3,(H2,18,20,21,23). The summed E-state index contributed by atoms with van der Waals surface area (Å²) in [6.45, 7) is 5.60. The lowest BCUT2D eigenvalue weighted by molar-refractivity contribution is -0.123. The summed E-state index contributed by atoms with van der Waals surface area (Å²) in [4.78, 5) is 35.1. The summed E-state index contributed by atoms with van der Waals surface area (Å²) in [6.07, 6.45) is 0.767. The summed E-state index contributed by atoms with van der Waals surface area (Å²) in [7, 11) is -3.72. The maximum Gasteiger partial charge on any atom is 0.338 e. The van der Waals surface area contributed by atoms with Crippen LogP contribution in [0.5, 0.6) is 0 Å². The molecule has 0 aliphatic heterocycles. The Labute approximate surface area is 158 Å². The number of nitrogens with one attached hydrogen (secondary N) is 3. The van der Waals surface area contributed by atoms with Crippen LogP contribution in [0, 0.1) is 5.92 Å². The molecule has 0 heterocycles. The second kappa shape index (κ2) is 10.6. The minimum atomic E-state index is -3.72. The van der Waals surface area contributed by atoms with Gasteiger partial charge < -0.3 is 10.1 Å². The topological polar surface area (TPSA) is 131 Å². The van der Waals surface area contributed by atoms with Crippen LogP contribution < -0.4 is 15.4 Å². The van der Waals surface area contributed by atoms with E-state index in [-0.39, 0.29) is 17.0 Å². The van der Waals surface area contributed by atoms with Crippen molar-refractivity contribution in [3.05, 3.63) is 29.8 Å². The van der Waals surface area contributed by atoms with E-state index in [2.05, 4.69) is 10.0 Å². The van der Waals surface area contributed by atoms with Crippen LogP contribution in [0.4, 0.5) is 4.79 Å². The van der Waals surface area contributed by atoms with Gasteiger partial charge in [-0.1, -0.05) is 26.8 Å². The molecule has 0 aliphatic carbocycles. The molecule has 10 heteroatoms. The van der Waals surface area contributed by atoms with E-state index in [1.165, 1.54) is 18.2 Å². The molecule has 9 nitrogen and oxygen atoms in total. The number of rotatable bonds is 9. The third kappa shape index (κ3) is 8.18. The van der Waals surface area contributed by atoms with Gasteiger partial charge in [0.25, 0.3) is 5.91 Å². The van der Waals surface area contributed by atoms with Crippen LogP contribution in [-0.2, 0) is 19.6 Å². The molecule has 0 saturated carbocycles. The molecule has 0 fully saturated rings. The molecule has 1 aromatic rings. The van der Waals surface area contributed by atoms with Gasteiger partial charge >= 0.3 is 12.0 Å². The predicted octanol–water partition coefficient (Wildman–Crippen LogP) is 1.01. The van der Waals surface area contributed by atoms with E-state index in [1.807, 2.05) is 19.2 Å². The van der Waals surface area contributed by atoms with Gasteiger partial charge in [-0.25, -0.2) is 22.7 Å². The van der Waals surface area contributed by atoms with Crippen LogP contribution in [0.15, 0.2) is 29.2 Å². The van der Waals surface area contributed by atoms with Crippen molar-refractivity contribution < 1.29 is 27.5 Å². The van der Waals surface area contributed by atoms with E-state index in [0.29, 0.717) is 12.5 Å². The number of carbonyl (C=O) groups is 3. The van der Waals surface area contributed by atoms with Crippen molar-refractivity contribution in [1.29, 1.82) is 0 Å². The first-order valence-electron chi connectivity index (χ1n) is 8.50. The van der Waals surface area contributed by atoms with Crippen LogP contribution in [0.3, 0.4) is 0 Å². The molecular formula is C17H25N3O6S. The normalized spacial score (nSPS) is 11.1. The van der Waals surface area contributed by atoms with Crippen molar-refractivity contribution >= 4 is 27.9 Å². The van der Waals surface area contributed by atoms with E-state index in [9.17, 15) is 22.8 Å². The number of benzene rings is 1. The minimum Gasteiger partial charge on any atom is -0.452 e. The molecule has 0 atom stereocenters. The van der Waals surface area contributed by atoms with Gasteiger partial charge in [0, 0.05) is 13.1 Å². The maximum atomic E-state index is 12.0. The number of hydrogen-bond acceptors (Lipinski definition) is 6. The fraction of sp³-hybridized carbons (Fsp3) is 0.471. The Morgan fingerprint density at radius 1 is 1.19 bits per heavy atom. The molecule has 0 bridgehead atoms. The first-order valence-corrected chi connectivity index (χ1v) is 9.98. The highest BCUT2D eigenvalue weighted by atomic mass is 32.2. The highest BCUT2D eigenvalue weighted by molar-refractivity contribution is 7.89. The Bertz CT molecular complexity index is 777. The SMILES string of the molecule is CCNS(=O)(=O)c1cccc(C(=O)OCC(=O)NC(=O)NCCC(C)C)c1. The number of hydrogen-bond donors (Lipinski definition) is 3. The summed E-state index contributed by atoms with van der Waals surface area (Å²) < 4.78 is 31.0. The molecule has 0 aliphatic rings. The molecule has 1 rings (SSSR count). The molecule has 0 unspecified atom stereocenters. The van der Waals surface area contributed by atoms with E-state index in [4.69, 9.17) is 4.74 Å². The maximum absolute atomic E-state index is 12.0. The van der Waals surface area contributed by atoms with Gasteiger partial charge in [-0.15, -0.1) is 0 Å². The number of esters is 1. The first kappa shape index (κ1) is 22.6. The summed E-state index contributed by atoms with van der Waals surface area (Å²) in [5.74, 6) is -1.25. The number of ether oxygens (including phenoxy) is 1. The highest BCUT2D eigenvalue weighted by Crippen LogP contribution is 2.12. The number of imide groups is 1. The summed E-state index contributed by atoms with van der Waals surface area (Å²) in [5.41, 5.74) is -0.0248. The number of sulfonamides is 1. The Morgan fingerprint density at radius 3 is 2.52 bits per heavy atom. The second-order valence-electron chi connectivity index (χ2n) is 6.09. The quantitative estimate of drug-likeness (QED) is 0.531. The van der Waals surface area contributed by atoms with Crippen LogP contribution in [-0.4, -0.2) is 46.0 Å². The average molecular weight is 399 g/mol. The molecule has 150 valence electrons. The third-order valence-corrected chi connectivity index (χ3v) is 4.85. The number of carbonyl (C=O) groups excluding carboxylic acids is 3. The lowest BCUT2D eigenvalue weighted by atomic mass is 10.1. The monoisotopic (exact) mass is 399 g/mol. The Morgan fingerprint density at radius 2 is 1.89 bits per heavy atom. The van der Waals surface area contributed by atoms with Crippen molar-refractivity contribution in [3.8, 4) is 0 Å². The number of amides is 3. The lowest BCUT2D eigenvalue weighted by Gasteiger charge is -2.09. The highest BCUT2D eigenvalue weighted by Gasteiger charge is 2.17. The summed E-state index contributed by atoms with van der Waals surface area (Å²) in [5, 5.41) is 4.56. The molecule has 1 aromatic carbocycles. The molecule has 0 aromatic heterocycles. The van der Waals surface area contributed by atoms with E-state index in [0.717, 1.165) is 12.5 Å². The van der Waals surface area contributed by atoms with Gasteiger partial charge in [-0.05, 0) is 30.5 Å². The molecule has 0 spiro atoms. The van der Waals surface area contributed by atoms with Crippen LogP contribution in [0.25, 0.3) is 0 Å². The molecule has 3 N–H and O–H groups in total. The zero-order valence-corrected chi connectivity index (χ0v) is 16.4. The minimum absolute atomic E-state index is 0.0248. The van der Waals surface area contributed by atoms with Crippen molar-refractivity contribution in [3.63, 3.8) is 0 Å². The molecule has 27 heavy (non-hydrogen) atoms. The number of urea groups is 1. The molecular weight excluding hydrogens is 374 g/mol. The lowest BCUT2D eigenvalue weighted by Crippen LogP contribution is -2.42. The summed E-state index contributed by atoms with van der Waals surface area (Å²) in [6, 6.07) is 4.57. The Kier molecular flexibility index (Phi) is 8.89. The van der Waals surface area contributed by atoms with Crippen molar-refractivity contribution in [2.24, 2.45) is 5.92 Å². The Hall–Kier alpha value is -2.46. The fourth-order valence-corrected chi connectivity index (χ4v) is 3.05. The Balaban J connectivity index is 2.55. The van der Waals surface area contributed by atoms with Crippen molar-refractivity contribution in [2.45, 2.75) is 32.1 Å². The van der Waals surface area contributed by atoms with Gasteiger partial charge in [-0.3, -0.25) is 10.1 Å². The summed E-state index contributed by atoms with van der Waals surface area (Å²) >= 11 is 0. The third-order valence-electron chi connectivity index (χ3n) is 3.31. The van der Waals surface area contributed by atoms with Gasteiger partial charge in [0.15, 0.2) is 6.61 Å². The van der Waals surface area contributed by atoms with Crippen LogP contribution in [0.2, 0.25) is 0 Å². The van der Waals surface area contributed by atoms with Gasteiger partial charge in [0.1, 0.15) is 0 Å². The van der Waals surface area contributed by atoms with E-state index >= 15 is 0 Å². The fourth-order valence-electron chi connectivity index (χ4n) is 1.96. The zero-order valence-electron chi connectivity index (χ0n) is 15.6. The van der Waals surface area contributed by atoms with Crippen LogP contribution >= 0.6 is 0 Å². The van der Waals surface area contributed by atoms with Crippen molar-refractivity contribution in [1.82, 2.24) is 15.4 Å². The first-order chi connectivity index (χ1) is 12.7. The van der Waals surface area contributed by atoms with Gasteiger partial charge in [0.2, 0.25) is 10.0 Å². The smallest absolute Gasteiger partial charge is 0.338 e. The van der Waals surface area contributed by atoms with Gasteiger partial charge in [-0.2, -0.15) is 0 Å². The molecule has 0 saturated heterocycles. The van der Waals surface area contributed by atoms with E-state index < -0.39 is 34.5 Å². The van der Waals surface area contributed by atoms with E-state index in [1.54, 1.807) is 6.92 Å². The van der Waals surface area contributed by atoms with Crippen molar-refractivity contribution in [2.75, 3.05) is 19.7 Å². The van der Waals surface area contributed by atoms with Crippen LogP contribution in [0.1, 0.15) is 37.6 Å². The average Bonchev–Trinajstić information content (AvgIpc) is 2.59. The second-order valence-corrected chi connectivity index (χ2v) is 7.86. The molecule has 0 radical (unpaired) electrons.